The van der Waals surface area contributed by atoms with Crippen molar-refractivity contribution < 1.29 is 31.8 Å². The van der Waals surface area contributed by atoms with Gasteiger partial charge in [-0.25, -0.2) is 0 Å². The Kier molecular flexibility index (Phi) is 21.0. The van der Waals surface area contributed by atoms with E-state index in [9.17, 15) is 18.0 Å². The van der Waals surface area contributed by atoms with Crippen molar-refractivity contribution in [2.45, 2.75) is 12.8 Å². The second-order valence-electron chi connectivity index (χ2n) is 1.78. The number of hydrogen-bond donors (Lipinski definition) is 2. The minimum atomic E-state index is -4.81. The summed E-state index contributed by atoms with van der Waals surface area (Å²) in [4.78, 5) is 20.2. The summed E-state index contributed by atoms with van der Waals surface area (Å²) in [5, 5.41) is 8.04. The first kappa shape index (κ1) is 25.6. The van der Waals surface area contributed by atoms with Crippen molar-refractivity contribution in [1.29, 1.82) is 0 Å². The summed E-state index contributed by atoms with van der Waals surface area (Å²) in [7, 11) is -4.81. The molecule has 0 unspecified atom stereocenters. The van der Waals surface area contributed by atoms with E-state index in [1.165, 1.54) is 0 Å². The fourth-order valence-electron chi connectivity index (χ4n) is 0.368. The van der Waals surface area contributed by atoms with Crippen molar-refractivity contribution in [2.75, 3.05) is 0 Å². The van der Waals surface area contributed by atoms with E-state index in [2.05, 4.69) is 4.18 Å². The Hall–Kier alpha value is 1.85. The number of carboxylic acid groups (broad SMARTS) is 1. The molecule has 0 aliphatic heterocycles. The van der Waals surface area contributed by atoms with Crippen molar-refractivity contribution in [3.8, 4) is 0 Å². The van der Waals surface area contributed by atoms with Gasteiger partial charge in [-0.15, -0.1) is 0 Å². The second-order valence-corrected chi connectivity index (χ2v) is 2.80. The molecular formula is C4H9Na3O7S. The molecule has 2 N–H and O–H groups in total. The SMILES string of the molecule is O=C(O)CCC(=O)OS(=O)(=O)O.[NaH].[NaH].[NaH]. The van der Waals surface area contributed by atoms with Gasteiger partial charge < -0.3 is 9.29 Å². The molecule has 0 fully saturated rings. The average molecular weight is 270 g/mol. The quantitative estimate of drug-likeness (QED) is 0.420. The summed E-state index contributed by atoms with van der Waals surface area (Å²) in [5.74, 6) is -2.57. The molecule has 11 heteroatoms. The summed E-state index contributed by atoms with van der Waals surface area (Å²) < 4.78 is 31.1. The van der Waals surface area contributed by atoms with Crippen LogP contribution in [0.4, 0.5) is 0 Å². The number of carboxylic acids is 1. The van der Waals surface area contributed by atoms with Crippen LogP contribution < -0.4 is 0 Å². The minimum absolute atomic E-state index is 0. The third-order valence-corrected chi connectivity index (χ3v) is 1.14. The Labute approximate surface area is 153 Å². The van der Waals surface area contributed by atoms with Gasteiger partial charge in [0, 0.05) is 0 Å². The molecule has 0 aromatic rings. The van der Waals surface area contributed by atoms with Gasteiger partial charge in [0.2, 0.25) is 0 Å². The third kappa shape index (κ3) is 21.7. The molecule has 0 aromatic heterocycles. The van der Waals surface area contributed by atoms with Crippen molar-refractivity contribution in [1.82, 2.24) is 0 Å². The number of rotatable bonds is 4. The third-order valence-electron chi connectivity index (χ3n) is 0.741. The molecule has 0 atom stereocenters. The van der Waals surface area contributed by atoms with Gasteiger partial charge in [0.25, 0.3) is 0 Å². The Balaban J connectivity index is -0.000000202. The van der Waals surface area contributed by atoms with E-state index in [-0.39, 0.29) is 88.7 Å². The second kappa shape index (κ2) is 12.3. The molecule has 0 bridgehead atoms. The van der Waals surface area contributed by atoms with Crippen LogP contribution in [-0.4, -0.2) is 119 Å². The van der Waals surface area contributed by atoms with Crippen molar-refractivity contribution in [2.24, 2.45) is 0 Å². The molecule has 0 aromatic carbocycles. The van der Waals surface area contributed by atoms with Gasteiger partial charge in [-0.3, -0.25) is 14.1 Å². The molecule has 0 radical (unpaired) electrons. The summed E-state index contributed by atoms with van der Waals surface area (Å²) >= 11 is 0. The normalized spacial score (nSPS) is 8.60. The van der Waals surface area contributed by atoms with Gasteiger partial charge in [-0.05, 0) is 0 Å². The van der Waals surface area contributed by atoms with E-state index in [0.717, 1.165) is 0 Å². The molecule has 0 saturated heterocycles. The Bertz CT molecular complexity index is 287. The summed E-state index contributed by atoms with van der Waals surface area (Å²) in [6.07, 6.45) is -1.15. The van der Waals surface area contributed by atoms with E-state index in [0.29, 0.717) is 0 Å². The topological polar surface area (TPSA) is 118 Å². The Morgan fingerprint density at radius 3 is 1.73 bits per heavy atom. The first-order chi connectivity index (χ1) is 5.31. The first-order valence-corrected chi connectivity index (χ1v) is 4.09. The van der Waals surface area contributed by atoms with Crippen LogP contribution in [0.15, 0.2) is 0 Å². The van der Waals surface area contributed by atoms with Gasteiger partial charge in [-0.2, -0.15) is 8.42 Å². The van der Waals surface area contributed by atoms with Crippen LogP contribution in [0.25, 0.3) is 0 Å². The van der Waals surface area contributed by atoms with Crippen LogP contribution in [0.1, 0.15) is 12.8 Å². The van der Waals surface area contributed by atoms with Gasteiger partial charge in [-0.1, -0.05) is 0 Å². The Morgan fingerprint density at radius 2 is 1.47 bits per heavy atom. The van der Waals surface area contributed by atoms with Gasteiger partial charge >= 0.3 is 111 Å². The summed E-state index contributed by atoms with van der Waals surface area (Å²) in [5.41, 5.74) is 0. The van der Waals surface area contributed by atoms with Gasteiger partial charge in [0.1, 0.15) is 0 Å². The number of aliphatic carboxylic acids is 1. The Morgan fingerprint density at radius 1 is 1.07 bits per heavy atom. The molecule has 0 rings (SSSR count). The molecule has 0 amide bonds. The van der Waals surface area contributed by atoms with Crippen LogP contribution >= 0.6 is 0 Å². The maximum atomic E-state index is 10.3. The van der Waals surface area contributed by atoms with E-state index in [1.807, 2.05) is 0 Å². The van der Waals surface area contributed by atoms with Crippen LogP contribution in [0.2, 0.25) is 0 Å². The van der Waals surface area contributed by atoms with Crippen molar-refractivity contribution >= 4 is 111 Å². The standard InChI is InChI=1S/C4H6O7S.3Na.3H/c5-3(6)1-2-4(7)11-12(8,9)10;;;;;;/h1-2H2,(H,5,6)(H,8,9,10);;;;;;. The molecular weight excluding hydrogens is 261 g/mol. The fourth-order valence-corrected chi connectivity index (χ4v) is 0.686. The number of carbonyl (C=O) groups is 2. The van der Waals surface area contributed by atoms with E-state index in [4.69, 9.17) is 9.66 Å². The van der Waals surface area contributed by atoms with E-state index in [1.54, 1.807) is 0 Å². The zero-order valence-corrected chi connectivity index (χ0v) is 6.57. The van der Waals surface area contributed by atoms with Crippen LogP contribution in [0, 0.1) is 0 Å². The molecule has 0 spiro atoms. The molecule has 76 valence electrons. The van der Waals surface area contributed by atoms with E-state index < -0.39 is 35.2 Å². The van der Waals surface area contributed by atoms with Crippen molar-refractivity contribution in [3.63, 3.8) is 0 Å². The van der Waals surface area contributed by atoms with Crippen LogP contribution in [-0.2, 0) is 24.2 Å². The molecule has 0 aliphatic carbocycles. The summed E-state index contributed by atoms with van der Waals surface area (Å²) in [6, 6.07) is 0. The molecule has 0 heterocycles. The average Bonchev–Trinajstić information content (AvgIpc) is 1.79. The van der Waals surface area contributed by atoms with Gasteiger partial charge in [0.15, 0.2) is 0 Å². The molecule has 7 nitrogen and oxygen atoms in total. The fraction of sp³-hybridized carbons (Fsp3) is 0.500. The maximum absolute atomic E-state index is 10.3. The molecule has 0 aliphatic rings. The summed E-state index contributed by atoms with van der Waals surface area (Å²) in [6.45, 7) is 0. The number of hydrogen-bond acceptors (Lipinski definition) is 5. The predicted molar refractivity (Wildman–Crippen MR) is 56.0 cm³/mol. The monoisotopic (exact) mass is 270 g/mol. The first-order valence-electron chi connectivity index (χ1n) is 2.73. The number of carbonyl (C=O) groups excluding carboxylic acids is 1. The van der Waals surface area contributed by atoms with E-state index >= 15 is 0 Å². The van der Waals surface area contributed by atoms with Crippen LogP contribution in [0.5, 0.6) is 0 Å². The van der Waals surface area contributed by atoms with Crippen molar-refractivity contribution in [3.05, 3.63) is 0 Å². The van der Waals surface area contributed by atoms with Gasteiger partial charge in [0.05, 0.1) is 12.8 Å². The predicted octanol–water partition coefficient (Wildman–Crippen LogP) is -2.75. The zero-order chi connectivity index (χ0) is 9.78. The molecule has 0 saturated carbocycles. The van der Waals surface area contributed by atoms with Crippen LogP contribution in [0.3, 0.4) is 0 Å². The zero-order valence-electron chi connectivity index (χ0n) is 5.76. The molecule has 15 heavy (non-hydrogen) atoms.